The molecule has 2 rings (SSSR count). The van der Waals surface area contributed by atoms with Crippen molar-refractivity contribution < 1.29 is 13.2 Å². The molecule has 0 unspecified atom stereocenters. The Morgan fingerprint density at radius 2 is 2.05 bits per heavy atom. The number of nitrogens with two attached hydrogens (primary N) is 1. The zero-order valence-corrected chi connectivity index (χ0v) is 12.9. The molecule has 1 aromatic carbocycles. The number of hydrogen-bond donors (Lipinski definition) is 2. The Hall–Kier alpha value is -1.77. The molecule has 0 bridgehead atoms. The van der Waals surface area contributed by atoms with E-state index >= 15 is 0 Å². The molecule has 0 amide bonds. The van der Waals surface area contributed by atoms with Gasteiger partial charge in [0, 0.05) is 19.3 Å². The maximum atomic E-state index is 12.3. The van der Waals surface area contributed by atoms with Gasteiger partial charge in [-0.1, -0.05) is 11.6 Å². The molecule has 7 nitrogen and oxygen atoms in total. The van der Waals surface area contributed by atoms with Crippen LogP contribution in [0.4, 0.5) is 5.69 Å². The molecular weight excluding hydrogens is 316 g/mol. The number of benzene rings is 1. The van der Waals surface area contributed by atoms with Crippen LogP contribution in [-0.4, -0.2) is 31.3 Å². The molecule has 0 spiro atoms. The van der Waals surface area contributed by atoms with Crippen LogP contribution in [0.25, 0.3) is 0 Å². The number of nitrogens with one attached hydrogen (secondary N) is 1. The molecule has 9 heteroatoms. The van der Waals surface area contributed by atoms with Gasteiger partial charge in [-0.15, -0.1) is 0 Å². The van der Waals surface area contributed by atoms with Gasteiger partial charge in [-0.25, -0.2) is 0 Å². The van der Waals surface area contributed by atoms with Crippen molar-refractivity contribution >= 4 is 27.3 Å². The first kappa shape index (κ1) is 15.6. The number of nitrogens with zero attached hydrogens (tertiary/aromatic N) is 2. The topological polar surface area (TPSA) is 99.2 Å². The number of halogens is 1. The summed E-state index contributed by atoms with van der Waals surface area (Å²) in [5.74, 6) is 0.613. The molecule has 1 aromatic heterocycles. The lowest BCUT2D eigenvalue weighted by Gasteiger charge is -2.10. The summed E-state index contributed by atoms with van der Waals surface area (Å²) in [5, 5.41) is 3.78. The highest BCUT2D eigenvalue weighted by molar-refractivity contribution is 7.92. The largest absolute Gasteiger partial charge is 0.492 e. The summed E-state index contributed by atoms with van der Waals surface area (Å²) in [4.78, 5) is 0. The summed E-state index contributed by atoms with van der Waals surface area (Å²) in [6.45, 7) is 0.809. The Morgan fingerprint density at radius 3 is 2.57 bits per heavy atom. The summed E-state index contributed by atoms with van der Waals surface area (Å²) < 4.78 is 33.5. The number of aromatic nitrogens is 2. The van der Waals surface area contributed by atoms with E-state index in [1.54, 1.807) is 24.3 Å². The molecule has 21 heavy (non-hydrogen) atoms. The molecule has 0 radical (unpaired) electrons. The van der Waals surface area contributed by atoms with E-state index in [4.69, 9.17) is 22.1 Å². The van der Waals surface area contributed by atoms with Crippen molar-refractivity contribution in [2.24, 2.45) is 12.8 Å². The van der Waals surface area contributed by atoms with Crippen molar-refractivity contribution in [3.63, 3.8) is 0 Å². The molecule has 0 atom stereocenters. The van der Waals surface area contributed by atoms with E-state index in [-0.39, 0.29) is 10.0 Å². The van der Waals surface area contributed by atoms with E-state index in [1.807, 2.05) is 0 Å². The molecule has 0 saturated carbocycles. The molecule has 0 aliphatic heterocycles. The Kier molecular flexibility index (Phi) is 4.71. The highest BCUT2D eigenvalue weighted by Gasteiger charge is 2.22. The molecule has 1 heterocycles. The van der Waals surface area contributed by atoms with Crippen LogP contribution in [0.2, 0.25) is 5.02 Å². The Bertz CT molecular complexity index is 693. The third-order valence-corrected chi connectivity index (χ3v) is 4.48. The lowest BCUT2D eigenvalue weighted by Crippen LogP contribution is -2.17. The van der Waals surface area contributed by atoms with Crippen LogP contribution in [0, 0.1) is 0 Å². The van der Waals surface area contributed by atoms with Crippen LogP contribution in [0.15, 0.2) is 35.5 Å². The van der Waals surface area contributed by atoms with Crippen LogP contribution in [0.5, 0.6) is 5.75 Å². The van der Waals surface area contributed by atoms with Gasteiger partial charge in [0.1, 0.15) is 12.4 Å². The number of aryl methyl sites for hydroxylation is 1. The fraction of sp³-hybridized carbons (Fsp3) is 0.250. The van der Waals surface area contributed by atoms with E-state index < -0.39 is 10.0 Å². The van der Waals surface area contributed by atoms with Crippen molar-refractivity contribution in [2.75, 3.05) is 17.9 Å². The molecular formula is C12H15ClN4O3S. The van der Waals surface area contributed by atoms with E-state index in [9.17, 15) is 8.42 Å². The van der Waals surface area contributed by atoms with E-state index in [0.29, 0.717) is 24.6 Å². The summed E-state index contributed by atoms with van der Waals surface area (Å²) in [5.41, 5.74) is 5.73. The van der Waals surface area contributed by atoms with E-state index in [0.717, 1.165) is 0 Å². The highest BCUT2D eigenvalue weighted by Crippen LogP contribution is 2.23. The minimum absolute atomic E-state index is 0.0629. The Balaban J connectivity index is 2.17. The molecule has 114 valence electrons. The number of sulfonamides is 1. The normalized spacial score (nSPS) is 11.4. The second kappa shape index (κ2) is 6.33. The molecule has 0 aliphatic carbocycles. The van der Waals surface area contributed by atoms with Gasteiger partial charge in [0.25, 0.3) is 10.0 Å². The molecule has 0 aliphatic rings. The third-order valence-electron chi connectivity index (χ3n) is 2.59. The van der Waals surface area contributed by atoms with Crippen LogP contribution in [0.3, 0.4) is 0 Å². The van der Waals surface area contributed by atoms with Crippen LogP contribution >= 0.6 is 11.6 Å². The number of hydrogen-bond acceptors (Lipinski definition) is 5. The lowest BCUT2D eigenvalue weighted by molar-refractivity contribution is 0.328. The Morgan fingerprint density at radius 1 is 1.38 bits per heavy atom. The average molecular weight is 331 g/mol. The molecule has 2 aromatic rings. The monoisotopic (exact) mass is 330 g/mol. The third kappa shape index (κ3) is 3.66. The molecule has 0 fully saturated rings. The van der Waals surface area contributed by atoms with Gasteiger partial charge in [-0.3, -0.25) is 9.40 Å². The second-order valence-electron chi connectivity index (χ2n) is 4.19. The van der Waals surface area contributed by atoms with Gasteiger partial charge in [-0.05, 0) is 24.3 Å². The van der Waals surface area contributed by atoms with Crippen molar-refractivity contribution in [1.82, 2.24) is 9.78 Å². The zero-order chi connectivity index (χ0) is 15.5. The first-order chi connectivity index (χ1) is 9.94. The van der Waals surface area contributed by atoms with E-state index in [1.165, 1.54) is 17.9 Å². The van der Waals surface area contributed by atoms with Crippen LogP contribution in [0.1, 0.15) is 0 Å². The van der Waals surface area contributed by atoms with E-state index in [2.05, 4.69) is 9.82 Å². The van der Waals surface area contributed by atoms with Crippen molar-refractivity contribution in [3.05, 3.63) is 35.5 Å². The van der Waals surface area contributed by atoms with Gasteiger partial charge >= 0.3 is 0 Å². The van der Waals surface area contributed by atoms with Crippen molar-refractivity contribution in [3.8, 4) is 5.75 Å². The van der Waals surface area contributed by atoms with Crippen molar-refractivity contribution in [2.45, 2.75) is 5.03 Å². The fourth-order valence-electron chi connectivity index (χ4n) is 1.70. The fourth-order valence-corrected chi connectivity index (χ4v) is 3.42. The highest BCUT2D eigenvalue weighted by atomic mass is 35.5. The smallest absolute Gasteiger partial charge is 0.280 e. The zero-order valence-electron chi connectivity index (χ0n) is 11.3. The Labute approximate surface area is 127 Å². The van der Waals surface area contributed by atoms with Crippen molar-refractivity contribution in [1.29, 1.82) is 0 Å². The number of rotatable bonds is 6. The first-order valence-electron chi connectivity index (χ1n) is 6.07. The summed E-state index contributed by atoms with van der Waals surface area (Å²) in [7, 11) is -2.30. The minimum atomic E-state index is -3.80. The lowest BCUT2D eigenvalue weighted by atomic mass is 10.3. The standard InChI is InChI=1S/C12H15ClN4O3S/c1-17-12(11(13)8-15-17)21(18,19)16-9-2-4-10(5-3-9)20-7-6-14/h2-5,8,16H,6-7,14H2,1H3. The van der Waals surface area contributed by atoms with Gasteiger partial charge in [0.2, 0.25) is 0 Å². The van der Waals surface area contributed by atoms with Crippen LogP contribution < -0.4 is 15.2 Å². The van der Waals surface area contributed by atoms with Gasteiger partial charge in [0.15, 0.2) is 5.03 Å². The maximum absolute atomic E-state index is 12.3. The SMILES string of the molecule is Cn1ncc(Cl)c1S(=O)(=O)Nc1ccc(OCCN)cc1. The average Bonchev–Trinajstić information content (AvgIpc) is 2.77. The summed E-state index contributed by atoms with van der Waals surface area (Å²) >= 11 is 5.84. The first-order valence-corrected chi connectivity index (χ1v) is 7.93. The predicted octanol–water partition coefficient (Wildman–Crippen LogP) is 1.21. The maximum Gasteiger partial charge on any atom is 0.280 e. The van der Waals surface area contributed by atoms with Crippen LogP contribution in [-0.2, 0) is 17.1 Å². The summed E-state index contributed by atoms with van der Waals surface area (Å²) in [6, 6.07) is 6.48. The van der Waals surface area contributed by atoms with Gasteiger partial charge in [-0.2, -0.15) is 13.5 Å². The number of ether oxygens (including phenoxy) is 1. The van der Waals surface area contributed by atoms with Gasteiger partial charge < -0.3 is 10.5 Å². The molecule has 3 N–H and O–H groups in total. The quantitative estimate of drug-likeness (QED) is 0.829. The second-order valence-corrected chi connectivity index (χ2v) is 6.19. The number of anilines is 1. The summed E-state index contributed by atoms with van der Waals surface area (Å²) in [6.07, 6.45) is 1.28. The molecule has 0 saturated heterocycles. The predicted molar refractivity (Wildman–Crippen MR) is 80.0 cm³/mol. The minimum Gasteiger partial charge on any atom is -0.492 e. The van der Waals surface area contributed by atoms with Gasteiger partial charge in [0.05, 0.1) is 11.2 Å².